The standard InChI is InChI=1S/C23H24N2O3/c1-28-20-6-2-4-17-5-3-15-25(22(17)20)21(26)14-9-16-7-10-18(11-8-16)23(27)24-19-12-13-19/h2,4,6-11,14,19H,3,5,12-13,15H2,1H3,(H,24,27)/b14-9+. The van der Waals surface area contributed by atoms with Gasteiger partial charge in [-0.3, -0.25) is 9.59 Å². The van der Waals surface area contributed by atoms with E-state index in [1.54, 1.807) is 36.3 Å². The topological polar surface area (TPSA) is 58.6 Å². The lowest BCUT2D eigenvalue weighted by molar-refractivity contribution is -0.114. The van der Waals surface area contributed by atoms with Crippen molar-refractivity contribution in [2.24, 2.45) is 0 Å². The first-order valence-electron chi connectivity index (χ1n) is 9.72. The van der Waals surface area contributed by atoms with Crippen LogP contribution in [0.25, 0.3) is 6.08 Å². The predicted molar refractivity (Wildman–Crippen MR) is 110 cm³/mol. The van der Waals surface area contributed by atoms with Crippen molar-refractivity contribution in [2.75, 3.05) is 18.6 Å². The van der Waals surface area contributed by atoms with Crippen molar-refractivity contribution < 1.29 is 14.3 Å². The Balaban J connectivity index is 1.47. The third kappa shape index (κ3) is 3.93. The highest BCUT2D eigenvalue weighted by molar-refractivity contribution is 6.05. The fourth-order valence-electron chi connectivity index (χ4n) is 3.50. The number of ether oxygens (including phenoxy) is 1. The van der Waals surface area contributed by atoms with Gasteiger partial charge in [0.1, 0.15) is 5.75 Å². The highest BCUT2D eigenvalue weighted by Gasteiger charge is 2.25. The summed E-state index contributed by atoms with van der Waals surface area (Å²) in [4.78, 5) is 26.7. The number of nitrogens with one attached hydrogen (secondary N) is 1. The lowest BCUT2D eigenvalue weighted by Crippen LogP contribution is -2.34. The van der Waals surface area contributed by atoms with Gasteiger partial charge in [-0.1, -0.05) is 24.3 Å². The average Bonchev–Trinajstić information content (AvgIpc) is 3.55. The van der Waals surface area contributed by atoms with Gasteiger partial charge in [0.2, 0.25) is 0 Å². The van der Waals surface area contributed by atoms with Gasteiger partial charge < -0.3 is 15.0 Å². The van der Waals surface area contributed by atoms with Crippen molar-refractivity contribution in [3.05, 3.63) is 65.2 Å². The maximum atomic E-state index is 12.8. The summed E-state index contributed by atoms with van der Waals surface area (Å²) >= 11 is 0. The van der Waals surface area contributed by atoms with E-state index in [0.717, 1.165) is 48.2 Å². The number of aryl methyl sites for hydroxylation is 1. The second kappa shape index (κ2) is 7.89. The zero-order valence-corrected chi connectivity index (χ0v) is 16.0. The summed E-state index contributed by atoms with van der Waals surface area (Å²) in [6.07, 6.45) is 7.39. The summed E-state index contributed by atoms with van der Waals surface area (Å²) in [5, 5.41) is 2.97. The van der Waals surface area contributed by atoms with Gasteiger partial charge in [0.05, 0.1) is 12.8 Å². The van der Waals surface area contributed by atoms with E-state index in [-0.39, 0.29) is 11.8 Å². The average molecular weight is 376 g/mol. The largest absolute Gasteiger partial charge is 0.495 e. The van der Waals surface area contributed by atoms with Gasteiger partial charge in [-0.25, -0.2) is 0 Å². The van der Waals surface area contributed by atoms with E-state index in [1.807, 2.05) is 30.3 Å². The summed E-state index contributed by atoms with van der Waals surface area (Å²) in [7, 11) is 1.63. The van der Waals surface area contributed by atoms with Crippen molar-refractivity contribution in [1.29, 1.82) is 0 Å². The molecule has 2 amide bonds. The molecule has 2 aromatic rings. The fourth-order valence-corrected chi connectivity index (χ4v) is 3.50. The number of amides is 2. The van der Waals surface area contributed by atoms with Gasteiger partial charge >= 0.3 is 0 Å². The molecule has 1 N–H and O–H groups in total. The molecule has 5 nitrogen and oxygen atoms in total. The molecular weight excluding hydrogens is 352 g/mol. The van der Waals surface area contributed by atoms with Gasteiger partial charge in [-0.15, -0.1) is 0 Å². The quantitative estimate of drug-likeness (QED) is 0.812. The maximum absolute atomic E-state index is 12.8. The molecule has 0 bridgehead atoms. The molecule has 0 saturated heterocycles. The van der Waals surface area contributed by atoms with E-state index in [9.17, 15) is 9.59 Å². The Hall–Kier alpha value is -3.08. The molecule has 0 spiro atoms. The van der Waals surface area contributed by atoms with Crippen LogP contribution in [0.1, 0.15) is 40.7 Å². The van der Waals surface area contributed by atoms with E-state index >= 15 is 0 Å². The van der Waals surface area contributed by atoms with Crippen LogP contribution >= 0.6 is 0 Å². The third-order valence-corrected chi connectivity index (χ3v) is 5.17. The van der Waals surface area contributed by atoms with Crippen LogP contribution in [0.4, 0.5) is 5.69 Å². The number of nitrogens with zero attached hydrogens (tertiary/aromatic N) is 1. The Morgan fingerprint density at radius 1 is 1.14 bits per heavy atom. The highest BCUT2D eigenvalue weighted by atomic mass is 16.5. The van der Waals surface area contributed by atoms with Crippen LogP contribution in [0, 0.1) is 0 Å². The summed E-state index contributed by atoms with van der Waals surface area (Å²) in [5.74, 6) is 0.622. The monoisotopic (exact) mass is 376 g/mol. The van der Waals surface area contributed by atoms with Gasteiger partial charge in [-0.05, 0) is 61.1 Å². The number of rotatable bonds is 5. The maximum Gasteiger partial charge on any atom is 0.251 e. The Morgan fingerprint density at radius 3 is 2.64 bits per heavy atom. The molecule has 1 aliphatic heterocycles. The Bertz CT molecular complexity index is 900. The van der Waals surface area contributed by atoms with Gasteiger partial charge in [-0.2, -0.15) is 0 Å². The molecule has 1 aliphatic carbocycles. The van der Waals surface area contributed by atoms with Crippen LogP contribution in [0.3, 0.4) is 0 Å². The first-order chi connectivity index (χ1) is 13.7. The van der Waals surface area contributed by atoms with Crippen molar-refractivity contribution in [3.63, 3.8) is 0 Å². The van der Waals surface area contributed by atoms with Crippen molar-refractivity contribution in [2.45, 2.75) is 31.7 Å². The van der Waals surface area contributed by atoms with Crippen LogP contribution in [0.15, 0.2) is 48.5 Å². The Kier molecular flexibility index (Phi) is 5.15. The Morgan fingerprint density at radius 2 is 1.93 bits per heavy atom. The first kappa shape index (κ1) is 18.3. The number of methoxy groups -OCH3 is 1. The van der Waals surface area contributed by atoms with E-state index < -0.39 is 0 Å². The number of benzene rings is 2. The van der Waals surface area contributed by atoms with Gasteiger partial charge in [0, 0.05) is 24.2 Å². The van der Waals surface area contributed by atoms with Crippen LogP contribution in [0.5, 0.6) is 5.75 Å². The molecule has 2 aromatic carbocycles. The van der Waals surface area contributed by atoms with Gasteiger partial charge in [0.25, 0.3) is 11.8 Å². The molecule has 5 heteroatoms. The number of carbonyl (C=O) groups excluding carboxylic acids is 2. The van der Waals surface area contributed by atoms with E-state index in [4.69, 9.17) is 4.74 Å². The summed E-state index contributed by atoms with van der Waals surface area (Å²) in [6, 6.07) is 13.5. The van der Waals surface area contributed by atoms with E-state index in [0.29, 0.717) is 18.2 Å². The van der Waals surface area contributed by atoms with Crippen LogP contribution in [-0.2, 0) is 11.2 Å². The van der Waals surface area contributed by atoms with E-state index in [1.165, 1.54) is 0 Å². The van der Waals surface area contributed by atoms with Crippen LogP contribution in [-0.4, -0.2) is 31.5 Å². The molecule has 4 rings (SSSR count). The first-order valence-corrected chi connectivity index (χ1v) is 9.72. The molecule has 1 fully saturated rings. The summed E-state index contributed by atoms with van der Waals surface area (Å²) < 4.78 is 5.47. The van der Waals surface area contributed by atoms with Crippen molar-refractivity contribution in [1.82, 2.24) is 5.32 Å². The minimum atomic E-state index is -0.0685. The number of para-hydroxylation sites is 1. The third-order valence-electron chi connectivity index (χ3n) is 5.17. The molecule has 144 valence electrons. The molecular formula is C23H24N2O3. The molecule has 2 aliphatic rings. The van der Waals surface area contributed by atoms with Gasteiger partial charge in [0.15, 0.2) is 0 Å². The normalized spacial score (nSPS) is 16.0. The minimum absolute atomic E-state index is 0.0360. The van der Waals surface area contributed by atoms with Crippen LogP contribution < -0.4 is 15.0 Å². The molecule has 1 heterocycles. The molecule has 0 atom stereocenters. The minimum Gasteiger partial charge on any atom is -0.495 e. The second-order valence-electron chi connectivity index (χ2n) is 7.26. The zero-order valence-electron chi connectivity index (χ0n) is 16.0. The van der Waals surface area contributed by atoms with Crippen molar-refractivity contribution >= 4 is 23.6 Å². The summed E-state index contributed by atoms with van der Waals surface area (Å²) in [6.45, 7) is 0.677. The number of anilines is 1. The Labute approximate surface area is 165 Å². The predicted octanol–water partition coefficient (Wildman–Crippen LogP) is 3.58. The number of hydrogen-bond donors (Lipinski definition) is 1. The fraction of sp³-hybridized carbons (Fsp3) is 0.304. The molecule has 0 aromatic heterocycles. The number of hydrogen-bond acceptors (Lipinski definition) is 3. The molecule has 0 unspecified atom stereocenters. The van der Waals surface area contributed by atoms with E-state index in [2.05, 4.69) is 5.32 Å². The highest BCUT2D eigenvalue weighted by Crippen LogP contribution is 2.36. The SMILES string of the molecule is COc1cccc2c1N(C(=O)/C=C/c1ccc(C(=O)NC3CC3)cc1)CCC2. The summed E-state index contributed by atoms with van der Waals surface area (Å²) in [5.41, 5.74) is 3.54. The second-order valence-corrected chi connectivity index (χ2v) is 7.26. The van der Waals surface area contributed by atoms with Crippen LogP contribution in [0.2, 0.25) is 0 Å². The lowest BCUT2D eigenvalue weighted by atomic mass is 10.0. The lowest BCUT2D eigenvalue weighted by Gasteiger charge is -2.30. The zero-order chi connectivity index (χ0) is 19.5. The smallest absolute Gasteiger partial charge is 0.251 e. The molecule has 0 radical (unpaired) electrons. The number of fused-ring (bicyclic) bond motifs is 1. The number of carbonyl (C=O) groups is 2. The molecule has 1 saturated carbocycles. The van der Waals surface area contributed by atoms with Crippen molar-refractivity contribution in [3.8, 4) is 5.75 Å². The molecule has 28 heavy (non-hydrogen) atoms.